The Labute approximate surface area is 226 Å². The van der Waals surface area contributed by atoms with E-state index in [2.05, 4.69) is 10.2 Å². The van der Waals surface area contributed by atoms with Crippen molar-refractivity contribution in [2.75, 3.05) is 26.3 Å². The van der Waals surface area contributed by atoms with Crippen molar-refractivity contribution in [2.24, 2.45) is 5.41 Å². The fraction of sp³-hybridized carbons (Fsp3) is 0.467. The average molecular weight is 534 g/mol. The molecule has 1 N–H and O–H groups in total. The zero-order chi connectivity index (χ0) is 27.1. The van der Waals surface area contributed by atoms with Gasteiger partial charge in [0.15, 0.2) is 0 Å². The number of benzene rings is 2. The molecule has 2 aromatic rings. The molecule has 4 aliphatic rings. The molecule has 0 saturated carbocycles. The summed E-state index contributed by atoms with van der Waals surface area (Å²) < 4.78 is 20.7. The predicted octanol–water partition coefficient (Wildman–Crippen LogP) is 3.01. The fourth-order valence-electron chi connectivity index (χ4n) is 6.44. The van der Waals surface area contributed by atoms with E-state index in [1.54, 1.807) is 24.3 Å². The lowest BCUT2D eigenvalue weighted by Gasteiger charge is -2.38. The van der Waals surface area contributed by atoms with Crippen LogP contribution in [0.25, 0.3) is 0 Å². The van der Waals surface area contributed by atoms with E-state index in [1.165, 1.54) is 0 Å². The van der Waals surface area contributed by atoms with Crippen molar-refractivity contribution in [3.05, 3.63) is 70.0 Å². The molecule has 2 aromatic carbocycles. The Balaban J connectivity index is 1.11. The number of rotatable bonds is 6. The number of nitrogens with zero attached hydrogens (tertiary/aromatic N) is 2. The third-order valence-electron chi connectivity index (χ3n) is 8.84. The molecule has 0 aromatic heterocycles. The number of amides is 4. The lowest BCUT2D eigenvalue weighted by molar-refractivity contribution is -0.136. The maximum absolute atomic E-state index is 15.1. The third-order valence-corrected chi connectivity index (χ3v) is 8.84. The second-order valence-electron chi connectivity index (χ2n) is 11.3. The van der Waals surface area contributed by atoms with Crippen LogP contribution in [0.15, 0.2) is 36.4 Å². The van der Waals surface area contributed by atoms with Crippen LogP contribution in [0.2, 0.25) is 0 Å². The second-order valence-corrected chi connectivity index (χ2v) is 11.3. The Morgan fingerprint density at radius 1 is 0.974 bits per heavy atom. The Bertz CT molecular complexity index is 1340. The second kappa shape index (κ2) is 10.3. The predicted molar refractivity (Wildman–Crippen MR) is 139 cm³/mol. The van der Waals surface area contributed by atoms with Gasteiger partial charge in [0, 0.05) is 19.6 Å². The van der Waals surface area contributed by atoms with Gasteiger partial charge in [-0.1, -0.05) is 24.3 Å². The highest BCUT2D eigenvalue weighted by Crippen LogP contribution is 2.39. The van der Waals surface area contributed by atoms with Crippen molar-refractivity contribution in [3.8, 4) is 0 Å². The number of imide groups is 2. The van der Waals surface area contributed by atoms with E-state index in [4.69, 9.17) is 4.74 Å². The van der Waals surface area contributed by atoms with Crippen molar-refractivity contribution in [1.29, 1.82) is 0 Å². The molecule has 204 valence electrons. The van der Waals surface area contributed by atoms with E-state index in [9.17, 15) is 19.2 Å². The van der Waals surface area contributed by atoms with E-state index >= 15 is 4.39 Å². The number of fused-ring (bicyclic) bond motifs is 1. The molecular formula is C30H32FN3O5. The fourth-order valence-corrected chi connectivity index (χ4v) is 6.44. The standard InChI is InChI=1S/C30H32FN3O5/c31-23-16-19(17-33-13-10-30(11-14-33)12-15-39-18-30)4-5-20(23)6-7-21-2-1-3-22-26(21)29(38)34(28(22)37)24-8-9-25(35)32-27(24)36/h1-5,16,24H,6-15,17-18H2,(H,32,35,36). The Morgan fingerprint density at radius 3 is 2.49 bits per heavy atom. The van der Waals surface area contributed by atoms with Crippen LogP contribution in [0.1, 0.15) is 69.5 Å². The van der Waals surface area contributed by atoms with Gasteiger partial charge >= 0.3 is 0 Å². The maximum Gasteiger partial charge on any atom is 0.262 e. The average Bonchev–Trinajstić information content (AvgIpc) is 3.48. The molecule has 6 rings (SSSR count). The van der Waals surface area contributed by atoms with Crippen LogP contribution in [0, 0.1) is 11.2 Å². The maximum atomic E-state index is 15.1. The van der Waals surface area contributed by atoms with Gasteiger partial charge in [0.25, 0.3) is 11.8 Å². The van der Waals surface area contributed by atoms with Gasteiger partial charge in [0.05, 0.1) is 17.7 Å². The number of nitrogens with one attached hydrogen (secondary N) is 1. The molecule has 8 nitrogen and oxygen atoms in total. The number of likely N-dealkylation sites (tertiary alicyclic amines) is 1. The normalized spacial score (nSPS) is 23.0. The molecule has 0 aliphatic carbocycles. The molecule has 1 spiro atoms. The minimum atomic E-state index is -1.01. The summed E-state index contributed by atoms with van der Waals surface area (Å²) in [5, 5.41) is 2.21. The highest BCUT2D eigenvalue weighted by Gasteiger charge is 2.45. The summed E-state index contributed by atoms with van der Waals surface area (Å²) in [5.74, 6) is -2.40. The van der Waals surface area contributed by atoms with Crippen LogP contribution in [-0.2, 0) is 33.7 Å². The van der Waals surface area contributed by atoms with Crippen molar-refractivity contribution < 1.29 is 28.3 Å². The molecule has 3 fully saturated rings. The van der Waals surface area contributed by atoms with Gasteiger partial charge in [-0.15, -0.1) is 0 Å². The number of ether oxygens (including phenoxy) is 1. The number of carbonyl (C=O) groups excluding carboxylic acids is 4. The number of piperidine rings is 2. The summed E-state index contributed by atoms with van der Waals surface area (Å²) in [4.78, 5) is 53.6. The van der Waals surface area contributed by atoms with Crippen LogP contribution >= 0.6 is 0 Å². The molecule has 39 heavy (non-hydrogen) atoms. The molecule has 3 saturated heterocycles. The molecule has 0 radical (unpaired) electrons. The number of carbonyl (C=O) groups is 4. The van der Waals surface area contributed by atoms with Crippen LogP contribution in [0.3, 0.4) is 0 Å². The topological polar surface area (TPSA) is 96.0 Å². The van der Waals surface area contributed by atoms with Crippen LogP contribution < -0.4 is 5.32 Å². The lowest BCUT2D eigenvalue weighted by Crippen LogP contribution is -2.54. The summed E-state index contributed by atoms with van der Waals surface area (Å²) in [5.41, 5.74) is 2.98. The first-order valence-corrected chi connectivity index (χ1v) is 13.7. The third kappa shape index (κ3) is 4.89. The highest BCUT2D eigenvalue weighted by atomic mass is 19.1. The first-order chi connectivity index (χ1) is 18.8. The van der Waals surface area contributed by atoms with E-state index in [0.29, 0.717) is 35.9 Å². The van der Waals surface area contributed by atoms with E-state index < -0.39 is 29.7 Å². The molecule has 9 heteroatoms. The zero-order valence-electron chi connectivity index (χ0n) is 21.8. The zero-order valence-corrected chi connectivity index (χ0v) is 21.8. The van der Waals surface area contributed by atoms with Crippen molar-refractivity contribution in [1.82, 2.24) is 15.1 Å². The van der Waals surface area contributed by atoms with Gasteiger partial charge in [-0.25, -0.2) is 4.39 Å². The smallest absolute Gasteiger partial charge is 0.262 e. The summed E-state index contributed by atoms with van der Waals surface area (Å²) in [7, 11) is 0. The van der Waals surface area contributed by atoms with Crippen molar-refractivity contribution in [3.63, 3.8) is 0 Å². The molecular weight excluding hydrogens is 501 g/mol. The first-order valence-electron chi connectivity index (χ1n) is 13.7. The number of hydrogen-bond donors (Lipinski definition) is 1. The number of aryl methyl sites for hydroxylation is 2. The minimum absolute atomic E-state index is 0.0689. The van der Waals surface area contributed by atoms with E-state index in [1.807, 2.05) is 12.1 Å². The van der Waals surface area contributed by atoms with Gasteiger partial charge in [-0.05, 0) is 85.9 Å². The summed E-state index contributed by atoms with van der Waals surface area (Å²) in [6.45, 7) is 4.43. The summed E-state index contributed by atoms with van der Waals surface area (Å²) in [6.07, 6.45) is 4.31. The van der Waals surface area contributed by atoms with Gasteiger partial charge in [-0.3, -0.25) is 34.3 Å². The molecule has 4 aliphatic heterocycles. The van der Waals surface area contributed by atoms with Gasteiger partial charge < -0.3 is 4.74 Å². The number of hydrogen-bond acceptors (Lipinski definition) is 6. The number of halogens is 1. The largest absolute Gasteiger partial charge is 0.381 e. The van der Waals surface area contributed by atoms with E-state index in [0.717, 1.165) is 56.0 Å². The lowest BCUT2D eigenvalue weighted by atomic mass is 9.78. The quantitative estimate of drug-likeness (QED) is 0.574. The first kappa shape index (κ1) is 25.8. The molecule has 0 bridgehead atoms. The van der Waals surface area contributed by atoms with Crippen molar-refractivity contribution in [2.45, 2.75) is 57.5 Å². The Morgan fingerprint density at radius 2 is 1.77 bits per heavy atom. The van der Waals surface area contributed by atoms with Crippen molar-refractivity contribution >= 4 is 23.6 Å². The Kier molecular flexibility index (Phi) is 6.81. The van der Waals surface area contributed by atoms with Gasteiger partial charge in [0.2, 0.25) is 11.8 Å². The summed E-state index contributed by atoms with van der Waals surface area (Å²) >= 11 is 0. The highest BCUT2D eigenvalue weighted by molar-refractivity contribution is 6.24. The SMILES string of the molecule is O=C1CCC(N2C(=O)c3cccc(CCc4ccc(CN5CCC6(CCOC6)CC5)cc4F)c3C2=O)C(=O)N1. The molecule has 4 heterocycles. The molecule has 4 amide bonds. The van der Waals surface area contributed by atoms with E-state index in [-0.39, 0.29) is 29.8 Å². The monoisotopic (exact) mass is 533 g/mol. The van der Waals surface area contributed by atoms with Crippen LogP contribution in [-0.4, -0.2) is 65.8 Å². The van der Waals surface area contributed by atoms with Gasteiger partial charge in [0.1, 0.15) is 11.9 Å². The Hall–Kier alpha value is -3.43. The van der Waals surface area contributed by atoms with Crippen LogP contribution in [0.4, 0.5) is 4.39 Å². The van der Waals surface area contributed by atoms with Gasteiger partial charge in [-0.2, -0.15) is 0 Å². The van der Waals surface area contributed by atoms with Crippen LogP contribution in [0.5, 0.6) is 0 Å². The minimum Gasteiger partial charge on any atom is -0.381 e. The summed E-state index contributed by atoms with van der Waals surface area (Å²) in [6, 6.07) is 9.42. The molecule has 1 unspecified atom stereocenters. The molecule has 1 atom stereocenters.